The highest BCUT2D eigenvalue weighted by atomic mass is 79.9. The molecule has 1 rings (SSSR count). The number of benzene rings is 1. The first-order valence-corrected chi connectivity index (χ1v) is 8.05. The molecule has 120 valence electrons. The van der Waals surface area contributed by atoms with Crippen LogP contribution in [0.1, 0.15) is 45.4 Å². The fraction of sp³-hybridized carbons (Fsp3) is 0.571. The van der Waals surface area contributed by atoms with Crippen LogP contribution in [0, 0.1) is 10.1 Å². The van der Waals surface area contributed by atoms with Gasteiger partial charge in [-0.15, -0.1) is 0 Å². The Morgan fingerprint density at radius 3 is 2.64 bits per heavy atom. The Bertz CT molecular complexity index is 559. The quantitative estimate of drug-likeness (QED) is 0.125. The molecule has 1 aromatic carbocycles. The summed E-state index contributed by atoms with van der Waals surface area (Å²) in [6.45, 7) is 2.70. The van der Waals surface area contributed by atoms with E-state index < -0.39 is 4.92 Å². The fourth-order valence-corrected chi connectivity index (χ4v) is 2.43. The molecule has 0 aliphatic carbocycles. The van der Waals surface area contributed by atoms with E-state index in [4.69, 9.17) is 10.3 Å². The van der Waals surface area contributed by atoms with E-state index in [1.165, 1.54) is 37.8 Å². The van der Waals surface area contributed by atoms with Crippen molar-refractivity contribution in [3.8, 4) is 5.75 Å². The van der Waals surface area contributed by atoms with E-state index in [1.807, 2.05) is 0 Å². The van der Waals surface area contributed by atoms with E-state index >= 15 is 0 Å². The second kappa shape index (κ2) is 10.0. The van der Waals surface area contributed by atoms with Gasteiger partial charge < -0.3 is 4.74 Å². The third kappa shape index (κ3) is 5.91. The number of nitrogens with zero attached hydrogens (tertiary/aromatic N) is 4. The molecule has 0 fully saturated rings. The first-order valence-electron chi connectivity index (χ1n) is 7.26. The van der Waals surface area contributed by atoms with Gasteiger partial charge in [-0.1, -0.05) is 44.1 Å². The van der Waals surface area contributed by atoms with Gasteiger partial charge >= 0.3 is 0 Å². The average Bonchev–Trinajstić information content (AvgIpc) is 2.49. The Kier molecular flexibility index (Phi) is 8.32. The summed E-state index contributed by atoms with van der Waals surface area (Å²) in [6, 6.07) is 2.68. The molecule has 8 heteroatoms. The number of azide groups is 1. The Morgan fingerprint density at radius 2 is 2.00 bits per heavy atom. The maximum absolute atomic E-state index is 10.9. The maximum Gasteiger partial charge on any atom is 0.280 e. The van der Waals surface area contributed by atoms with Gasteiger partial charge in [-0.2, -0.15) is 0 Å². The average molecular weight is 371 g/mol. The van der Waals surface area contributed by atoms with Crippen molar-refractivity contribution in [2.24, 2.45) is 5.11 Å². The van der Waals surface area contributed by atoms with Crippen molar-refractivity contribution in [3.05, 3.63) is 37.2 Å². The van der Waals surface area contributed by atoms with E-state index in [1.54, 1.807) is 0 Å². The van der Waals surface area contributed by atoms with Crippen molar-refractivity contribution in [1.29, 1.82) is 0 Å². The molecule has 7 nitrogen and oxygen atoms in total. The standard InChI is InChI=1S/C14H19BrN4O3/c1-2-3-4-5-6-7-8-22-14-10-12(17-18-16)13(19(20)21)9-11(14)15/h9-10H,2-8H2,1H3. The summed E-state index contributed by atoms with van der Waals surface area (Å²) in [5, 5.41) is 14.3. The van der Waals surface area contributed by atoms with Crippen molar-refractivity contribution in [2.45, 2.75) is 45.4 Å². The first-order chi connectivity index (χ1) is 10.6. The minimum Gasteiger partial charge on any atom is -0.492 e. The van der Waals surface area contributed by atoms with Gasteiger partial charge in [-0.3, -0.25) is 10.1 Å². The molecular weight excluding hydrogens is 352 g/mol. The minimum absolute atomic E-state index is 0.0476. The normalized spacial score (nSPS) is 10.1. The van der Waals surface area contributed by atoms with Gasteiger partial charge in [0, 0.05) is 11.0 Å². The van der Waals surface area contributed by atoms with Gasteiger partial charge in [-0.25, -0.2) is 0 Å². The van der Waals surface area contributed by atoms with Crippen molar-refractivity contribution in [1.82, 2.24) is 0 Å². The molecule has 0 spiro atoms. The molecule has 0 bridgehead atoms. The SMILES string of the molecule is CCCCCCCCOc1cc(N=[N+]=[N-])c([N+](=O)[O-])cc1Br. The van der Waals surface area contributed by atoms with E-state index in [0.717, 1.165) is 12.8 Å². The molecule has 0 saturated heterocycles. The van der Waals surface area contributed by atoms with Crippen LogP contribution in [0.15, 0.2) is 21.7 Å². The molecule has 1 aromatic rings. The zero-order valence-corrected chi connectivity index (χ0v) is 14.1. The first kappa shape index (κ1) is 18.3. The number of hydrogen-bond donors (Lipinski definition) is 0. The van der Waals surface area contributed by atoms with Gasteiger partial charge in [-0.05, 0) is 33.9 Å². The fourth-order valence-electron chi connectivity index (χ4n) is 1.98. The van der Waals surface area contributed by atoms with Gasteiger partial charge in [0.2, 0.25) is 0 Å². The van der Waals surface area contributed by atoms with Crippen LogP contribution in [0.25, 0.3) is 10.4 Å². The minimum atomic E-state index is -0.591. The van der Waals surface area contributed by atoms with Gasteiger partial charge in [0.15, 0.2) is 0 Å². The molecular formula is C14H19BrN4O3. The molecule has 0 aliphatic heterocycles. The topological polar surface area (TPSA) is 101 Å². The number of unbranched alkanes of at least 4 members (excludes halogenated alkanes) is 5. The number of rotatable bonds is 10. The van der Waals surface area contributed by atoms with Crippen LogP contribution < -0.4 is 4.74 Å². The largest absolute Gasteiger partial charge is 0.492 e. The summed E-state index contributed by atoms with van der Waals surface area (Å²) in [5.41, 5.74) is 8.19. The number of halogens is 1. The Hall–Kier alpha value is -1.79. The second-order valence-corrected chi connectivity index (χ2v) is 5.69. The number of hydrogen-bond acceptors (Lipinski definition) is 4. The molecule has 0 heterocycles. The highest BCUT2D eigenvalue weighted by molar-refractivity contribution is 9.10. The molecule has 22 heavy (non-hydrogen) atoms. The molecule has 0 aromatic heterocycles. The van der Waals surface area contributed by atoms with Crippen LogP contribution in [0.4, 0.5) is 11.4 Å². The highest BCUT2D eigenvalue weighted by Crippen LogP contribution is 2.37. The zero-order chi connectivity index (χ0) is 16.4. The van der Waals surface area contributed by atoms with E-state index in [-0.39, 0.29) is 11.4 Å². The summed E-state index contributed by atoms with van der Waals surface area (Å²) < 4.78 is 6.09. The maximum atomic E-state index is 10.9. The Balaban J connectivity index is 2.61. The van der Waals surface area contributed by atoms with Crippen molar-refractivity contribution in [3.63, 3.8) is 0 Å². The molecule has 0 radical (unpaired) electrons. The molecule has 0 unspecified atom stereocenters. The van der Waals surface area contributed by atoms with Gasteiger partial charge in [0.05, 0.1) is 16.0 Å². The predicted molar refractivity (Wildman–Crippen MR) is 88.5 cm³/mol. The van der Waals surface area contributed by atoms with Gasteiger partial charge in [0.25, 0.3) is 5.69 Å². The van der Waals surface area contributed by atoms with Crippen LogP contribution in [-0.4, -0.2) is 11.5 Å². The summed E-state index contributed by atoms with van der Waals surface area (Å²) in [5.74, 6) is 0.446. The van der Waals surface area contributed by atoms with Crippen molar-refractivity contribution in [2.75, 3.05) is 6.61 Å². The van der Waals surface area contributed by atoms with Crippen molar-refractivity contribution < 1.29 is 9.66 Å². The number of ether oxygens (including phenoxy) is 1. The summed E-state index contributed by atoms with van der Waals surface area (Å²) in [4.78, 5) is 12.9. The summed E-state index contributed by atoms with van der Waals surface area (Å²) >= 11 is 3.24. The molecule has 0 saturated carbocycles. The van der Waals surface area contributed by atoms with Crippen molar-refractivity contribution >= 4 is 27.3 Å². The zero-order valence-electron chi connectivity index (χ0n) is 12.5. The Morgan fingerprint density at radius 1 is 1.32 bits per heavy atom. The second-order valence-electron chi connectivity index (χ2n) is 4.83. The molecule has 0 aliphatic rings. The van der Waals surface area contributed by atoms with Crippen LogP contribution in [0.5, 0.6) is 5.75 Å². The lowest BCUT2D eigenvalue weighted by Gasteiger charge is -2.09. The van der Waals surface area contributed by atoms with Crippen LogP contribution in [0.2, 0.25) is 0 Å². The molecule has 0 atom stereocenters. The van der Waals surface area contributed by atoms with E-state index in [0.29, 0.717) is 16.8 Å². The van der Waals surface area contributed by atoms with E-state index in [2.05, 4.69) is 32.9 Å². The van der Waals surface area contributed by atoms with Crippen LogP contribution >= 0.6 is 15.9 Å². The highest BCUT2D eigenvalue weighted by Gasteiger charge is 2.17. The van der Waals surface area contributed by atoms with Crippen LogP contribution in [-0.2, 0) is 0 Å². The third-order valence-electron chi connectivity index (χ3n) is 3.13. The summed E-state index contributed by atoms with van der Waals surface area (Å²) in [6.07, 6.45) is 6.90. The van der Waals surface area contributed by atoms with Crippen LogP contribution in [0.3, 0.4) is 0 Å². The molecule has 0 amide bonds. The summed E-state index contributed by atoms with van der Waals surface area (Å²) in [7, 11) is 0. The lowest BCUT2D eigenvalue weighted by atomic mass is 10.1. The smallest absolute Gasteiger partial charge is 0.280 e. The third-order valence-corrected chi connectivity index (χ3v) is 3.75. The van der Waals surface area contributed by atoms with E-state index in [9.17, 15) is 10.1 Å². The number of nitro benzene ring substituents is 1. The lowest BCUT2D eigenvalue weighted by molar-refractivity contribution is -0.384. The monoisotopic (exact) mass is 370 g/mol. The predicted octanol–water partition coefficient (Wildman–Crippen LogP) is 6.04. The van der Waals surface area contributed by atoms with Gasteiger partial charge in [0.1, 0.15) is 11.4 Å². The lowest BCUT2D eigenvalue weighted by Crippen LogP contribution is -1.99. The Labute approximate surface area is 137 Å². The molecule has 0 N–H and O–H groups in total. The number of nitro groups is 1.